The first-order valence-electron chi connectivity index (χ1n) is 8.23. The molecule has 0 heterocycles. The van der Waals surface area contributed by atoms with Gasteiger partial charge in [-0.15, -0.1) is 0 Å². The summed E-state index contributed by atoms with van der Waals surface area (Å²) in [6.45, 7) is 0. The van der Waals surface area contributed by atoms with Gasteiger partial charge in [0, 0.05) is 0 Å². The molecule has 0 spiro atoms. The van der Waals surface area contributed by atoms with Crippen LogP contribution in [0.2, 0.25) is 0 Å². The van der Waals surface area contributed by atoms with Crippen LogP contribution < -0.4 is 0 Å². The molecule has 0 aromatic carbocycles. The average Bonchev–Trinajstić information content (AvgIpc) is 2.58. The molecule has 2 fully saturated rings. The fourth-order valence-corrected chi connectivity index (χ4v) is 5.03. The van der Waals surface area contributed by atoms with Crippen molar-refractivity contribution in [2.75, 3.05) is 0 Å². The maximum atomic E-state index is 2.45. The summed E-state index contributed by atoms with van der Waals surface area (Å²) in [7, 11) is 0. The van der Waals surface area contributed by atoms with Gasteiger partial charge >= 0.3 is 0 Å². The van der Waals surface area contributed by atoms with E-state index in [-0.39, 0.29) is 0 Å². The Morgan fingerprint density at radius 3 is 2.63 bits per heavy atom. The van der Waals surface area contributed by atoms with Crippen molar-refractivity contribution in [1.82, 2.24) is 0 Å². The van der Waals surface area contributed by atoms with E-state index in [1.165, 1.54) is 51.4 Å². The minimum atomic E-state index is 0.887. The van der Waals surface area contributed by atoms with Crippen LogP contribution in [0, 0.1) is 17.8 Å². The van der Waals surface area contributed by atoms with E-state index in [1.54, 1.807) is 16.7 Å². The van der Waals surface area contributed by atoms with Crippen molar-refractivity contribution in [1.29, 1.82) is 0 Å². The maximum Gasteiger partial charge on any atom is -0.0122 e. The summed E-state index contributed by atoms with van der Waals surface area (Å²) in [6, 6.07) is 0. The van der Waals surface area contributed by atoms with Gasteiger partial charge in [0.05, 0.1) is 0 Å². The van der Waals surface area contributed by atoms with Crippen LogP contribution in [-0.2, 0) is 0 Å². The molecule has 100 valence electrons. The van der Waals surface area contributed by atoms with Crippen LogP contribution in [0.3, 0.4) is 0 Å². The van der Waals surface area contributed by atoms with Crippen LogP contribution >= 0.6 is 0 Å². The maximum absolute atomic E-state index is 2.45. The Balaban J connectivity index is 1.84. The first kappa shape index (κ1) is 11.8. The summed E-state index contributed by atoms with van der Waals surface area (Å²) < 4.78 is 0. The van der Waals surface area contributed by atoms with Crippen molar-refractivity contribution >= 4 is 0 Å². The van der Waals surface area contributed by atoms with Gasteiger partial charge in [0.1, 0.15) is 0 Å². The Kier molecular flexibility index (Phi) is 2.98. The highest BCUT2D eigenvalue weighted by Gasteiger charge is 2.43. The second kappa shape index (κ2) is 4.81. The summed E-state index contributed by atoms with van der Waals surface area (Å²) in [4.78, 5) is 0. The van der Waals surface area contributed by atoms with E-state index in [2.05, 4.69) is 30.4 Å². The highest BCUT2D eigenvalue weighted by molar-refractivity contribution is 5.51. The average molecular weight is 252 g/mol. The van der Waals surface area contributed by atoms with Crippen LogP contribution in [-0.4, -0.2) is 0 Å². The predicted octanol–water partition coefficient (Wildman–Crippen LogP) is 5.35. The van der Waals surface area contributed by atoms with Crippen molar-refractivity contribution in [3.05, 3.63) is 47.1 Å². The van der Waals surface area contributed by atoms with Crippen molar-refractivity contribution in [3.63, 3.8) is 0 Å². The third-order valence-electron chi connectivity index (χ3n) is 5.77. The zero-order valence-corrected chi connectivity index (χ0v) is 11.8. The SMILES string of the molecule is C1=C\C=C2\CCCCC3C2=C(\C=C/1)C1CCCCC13. The number of hydrogen-bond acceptors (Lipinski definition) is 0. The molecule has 3 unspecified atom stereocenters. The monoisotopic (exact) mass is 252 g/mol. The summed E-state index contributed by atoms with van der Waals surface area (Å²) in [5, 5.41) is 0. The quantitative estimate of drug-likeness (QED) is 0.545. The standard InChI is InChI=1S/C19H24/c1-2-8-14-9-4-5-13-18-16-11-7-6-10-15(16)17(12-3-1)19(14)18/h1-3,8,12,15-16,18H,4-7,9-11,13H2/b2-1-,3-1?,8-2?,12-3-,14-8-,17-12?. The molecule has 0 bridgehead atoms. The summed E-state index contributed by atoms with van der Waals surface area (Å²) in [6.07, 6.45) is 23.1. The number of fused-ring (bicyclic) bond motifs is 3. The predicted molar refractivity (Wildman–Crippen MR) is 80.8 cm³/mol. The lowest BCUT2D eigenvalue weighted by Gasteiger charge is -2.31. The largest absolute Gasteiger partial charge is 0.0622 e. The van der Waals surface area contributed by atoms with Gasteiger partial charge in [-0.2, -0.15) is 0 Å². The molecule has 0 aliphatic heterocycles. The highest BCUT2D eigenvalue weighted by atomic mass is 14.5. The van der Waals surface area contributed by atoms with Gasteiger partial charge in [0.15, 0.2) is 0 Å². The fourth-order valence-electron chi connectivity index (χ4n) is 5.03. The molecule has 4 aliphatic rings. The Hall–Kier alpha value is -1.04. The van der Waals surface area contributed by atoms with Crippen LogP contribution in [0.1, 0.15) is 51.4 Å². The molecule has 3 atom stereocenters. The number of hydrogen-bond donors (Lipinski definition) is 0. The van der Waals surface area contributed by atoms with Gasteiger partial charge in [0.2, 0.25) is 0 Å². The van der Waals surface area contributed by atoms with Gasteiger partial charge in [0.25, 0.3) is 0 Å². The van der Waals surface area contributed by atoms with Gasteiger partial charge in [-0.25, -0.2) is 0 Å². The first-order valence-corrected chi connectivity index (χ1v) is 8.23. The minimum absolute atomic E-state index is 0.887. The number of rotatable bonds is 0. The van der Waals surface area contributed by atoms with Gasteiger partial charge in [-0.05, 0) is 66.6 Å². The lowest BCUT2D eigenvalue weighted by atomic mass is 9.74. The molecule has 0 nitrogen and oxygen atoms in total. The van der Waals surface area contributed by atoms with Gasteiger partial charge in [-0.3, -0.25) is 0 Å². The molecule has 2 saturated carbocycles. The molecule has 4 rings (SSSR count). The van der Waals surface area contributed by atoms with Crippen LogP contribution in [0.25, 0.3) is 0 Å². The number of allylic oxidation sites excluding steroid dienone is 8. The van der Waals surface area contributed by atoms with Gasteiger partial charge < -0.3 is 0 Å². The second-order valence-corrected chi connectivity index (χ2v) is 6.71. The van der Waals surface area contributed by atoms with Crippen molar-refractivity contribution in [2.45, 2.75) is 51.4 Å². The van der Waals surface area contributed by atoms with E-state index < -0.39 is 0 Å². The van der Waals surface area contributed by atoms with E-state index in [1.807, 2.05) is 0 Å². The van der Waals surface area contributed by atoms with Crippen molar-refractivity contribution in [3.8, 4) is 0 Å². The van der Waals surface area contributed by atoms with E-state index in [0.29, 0.717) is 0 Å². The molecule has 0 radical (unpaired) electrons. The van der Waals surface area contributed by atoms with E-state index in [0.717, 1.165) is 17.8 Å². The molecule has 0 amide bonds. The van der Waals surface area contributed by atoms with Gasteiger partial charge in [-0.1, -0.05) is 49.6 Å². The summed E-state index contributed by atoms with van der Waals surface area (Å²) >= 11 is 0. The van der Waals surface area contributed by atoms with E-state index in [9.17, 15) is 0 Å². The lowest BCUT2D eigenvalue weighted by molar-refractivity contribution is 0.231. The molecule has 0 aromatic heterocycles. The first-order chi connectivity index (χ1) is 9.45. The Labute approximate surface area is 117 Å². The molecule has 0 aromatic rings. The third kappa shape index (κ3) is 1.88. The zero-order chi connectivity index (χ0) is 12.7. The third-order valence-corrected chi connectivity index (χ3v) is 5.77. The molecule has 0 heteroatoms. The normalized spacial score (nSPS) is 43.2. The van der Waals surface area contributed by atoms with E-state index in [4.69, 9.17) is 0 Å². The molecular weight excluding hydrogens is 228 g/mol. The summed E-state index contributed by atoms with van der Waals surface area (Å²) in [5.74, 6) is 2.76. The smallest absolute Gasteiger partial charge is 0.0122 e. The van der Waals surface area contributed by atoms with Crippen LogP contribution in [0.4, 0.5) is 0 Å². The molecular formula is C19H24. The molecule has 4 aliphatic carbocycles. The Morgan fingerprint density at radius 2 is 1.63 bits per heavy atom. The molecule has 19 heavy (non-hydrogen) atoms. The summed E-state index contributed by atoms with van der Waals surface area (Å²) in [5.41, 5.74) is 5.19. The Morgan fingerprint density at radius 1 is 0.789 bits per heavy atom. The van der Waals surface area contributed by atoms with Crippen molar-refractivity contribution in [2.24, 2.45) is 17.8 Å². The second-order valence-electron chi connectivity index (χ2n) is 6.71. The topological polar surface area (TPSA) is 0 Å². The molecule has 0 saturated heterocycles. The minimum Gasteiger partial charge on any atom is -0.0622 e. The Bertz CT molecular complexity index is 486. The highest BCUT2D eigenvalue weighted by Crippen LogP contribution is 2.55. The van der Waals surface area contributed by atoms with Crippen LogP contribution in [0.5, 0.6) is 0 Å². The van der Waals surface area contributed by atoms with Crippen molar-refractivity contribution < 1.29 is 0 Å². The molecule has 0 N–H and O–H groups in total. The zero-order valence-electron chi connectivity index (χ0n) is 11.8. The van der Waals surface area contributed by atoms with Crippen LogP contribution in [0.15, 0.2) is 47.1 Å². The lowest BCUT2D eigenvalue weighted by Crippen LogP contribution is -2.21. The van der Waals surface area contributed by atoms with E-state index >= 15 is 0 Å². The fraction of sp³-hybridized carbons (Fsp3) is 0.579.